The van der Waals surface area contributed by atoms with E-state index in [1.807, 2.05) is 6.92 Å². The summed E-state index contributed by atoms with van der Waals surface area (Å²) in [6.45, 7) is 4.05. The number of halogens is 3. The second kappa shape index (κ2) is 10.9. The number of hydrogen-bond acceptors (Lipinski definition) is 3. The van der Waals surface area contributed by atoms with Gasteiger partial charge in [-0.3, -0.25) is 4.99 Å². The quantitative estimate of drug-likeness (QED) is 0.379. The van der Waals surface area contributed by atoms with Gasteiger partial charge in [-0.25, -0.2) is 0 Å². The van der Waals surface area contributed by atoms with Gasteiger partial charge in [0.2, 0.25) is 0 Å². The van der Waals surface area contributed by atoms with Crippen LogP contribution in [0.15, 0.2) is 4.99 Å². The van der Waals surface area contributed by atoms with E-state index in [9.17, 15) is 13.2 Å². The Balaban J connectivity index is 3.81. The molecule has 114 valence electrons. The van der Waals surface area contributed by atoms with Crippen molar-refractivity contribution in [1.29, 1.82) is 0 Å². The van der Waals surface area contributed by atoms with Crippen LogP contribution in [0.5, 0.6) is 0 Å². The van der Waals surface area contributed by atoms with E-state index in [0.717, 1.165) is 0 Å². The first kappa shape index (κ1) is 18.0. The summed E-state index contributed by atoms with van der Waals surface area (Å²) in [6, 6.07) is 0. The van der Waals surface area contributed by atoms with Crippen molar-refractivity contribution in [2.24, 2.45) is 4.99 Å². The molecule has 0 radical (unpaired) electrons. The highest BCUT2D eigenvalue weighted by Gasteiger charge is 2.26. The predicted octanol–water partition coefficient (Wildman–Crippen LogP) is 1.16. The van der Waals surface area contributed by atoms with Gasteiger partial charge in [0.25, 0.3) is 0 Å². The van der Waals surface area contributed by atoms with E-state index >= 15 is 0 Å². The molecular weight excluding hydrogens is 263 g/mol. The Hall–Kier alpha value is -1.02. The van der Waals surface area contributed by atoms with Crippen molar-refractivity contribution in [3.63, 3.8) is 0 Å². The highest BCUT2D eigenvalue weighted by molar-refractivity contribution is 5.79. The van der Waals surface area contributed by atoms with Crippen LogP contribution < -0.4 is 10.6 Å². The van der Waals surface area contributed by atoms with Crippen molar-refractivity contribution in [3.8, 4) is 0 Å². The number of rotatable bonds is 9. The number of nitrogens with one attached hydrogen (secondary N) is 2. The molecule has 5 nitrogen and oxygen atoms in total. The molecule has 0 saturated carbocycles. The normalized spacial score (nSPS) is 12.6. The average Bonchev–Trinajstić information content (AvgIpc) is 2.32. The lowest BCUT2D eigenvalue weighted by molar-refractivity contribution is -0.132. The fraction of sp³-hybridized carbons (Fsp3) is 0.909. The third-order valence-corrected chi connectivity index (χ3v) is 1.98. The number of nitrogens with zero attached hydrogens (tertiary/aromatic N) is 1. The molecule has 19 heavy (non-hydrogen) atoms. The van der Waals surface area contributed by atoms with E-state index in [4.69, 9.17) is 9.47 Å². The van der Waals surface area contributed by atoms with Crippen molar-refractivity contribution in [2.75, 3.05) is 46.6 Å². The van der Waals surface area contributed by atoms with Crippen molar-refractivity contribution in [2.45, 2.75) is 19.5 Å². The Morgan fingerprint density at radius 1 is 1.16 bits per heavy atom. The molecule has 0 amide bonds. The molecule has 8 heteroatoms. The minimum atomic E-state index is -4.18. The Labute approximate surface area is 111 Å². The molecule has 0 rings (SSSR count). The van der Waals surface area contributed by atoms with Crippen molar-refractivity contribution < 1.29 is 22.6 Å². The van der Waals surface area contributed by atoms with Crippen LogP contribution in [-0.4, -0.2) is 58.7 Å². The van der Waals surface area contributed by atoms with Crippen LogP contribution in [0.4, 0.5) is 13.2 Å². The molecule has 0 unspecified atom stereocenters. The number of ether oxygens (including phenoxy) is 2. The molecule has 0 aliphatic heterocycles. The Morgan fingerprint density at radius 3 is 2.47 bits per heavy atom. The van der Waals surface area contributed by atoms with Gasteiger partial charge in [0, 0.05) is 20.2 Å². The largest absolute Gasteiger partial charge is 0.390 e. The fourth-order valence-electron chi connectivity index (χ4n) is 1.12. The lowest BCUT2D eigenvalue weighted by atomic mass is 10.4. The van der Waals surface area contributed by atoms with Crippen LogP contribution in [0, 0.1) is 0 Å². The number of methoxy groups -OCH3 is 1. The second-order valence-electron chi connectivity index (χ2n) is 3.66. The molecule has 0 saturated heterocycles. The smallest absolute Gasteiger partial charge is 0.382 e. The number of alkyl halides is 3. The monoisotopic (exact) mass is 285 g/mol. The van der Waals surface area contributed by atoms with Gasteiger partial charge >= 0.3 is 6.18 Å². The lowest BCUT2D eigenvalue weighted by Crippen LogP contribution is -2.39. The van der Waals surface area contributed by atoms with Gasteiger partial charge in [-0.2, -0.15) is 13.2 Å². The maximum absolute atomic E-state index is 12.0. The predicted molar refractivity (Wildman–Crippen MR) is 67.3 cm³/mol. The van der Waals surface area contributed by atoms with E-state index in [2.05, 4.69) is 15.6 Å². The topological polar surface area (TPSA) is 54.9 Å². The highest BCUT2D eigenvalue weighted by atomic mass is 19.4. The van der Waals surface area contributed by atoms with Crippen molar-refractivity contribution >= 4 is 5.96 Å². The van der Waals surface area contributed by atoms with Crippen LogP contribution in [-0.2, 0) is 9.47 Å². The highest BCUT2D eigenvalue weighted by Crippen LogP contribution is 2.18. The summed E-state index contributed by atoms with van der Waals surface area (Å²) in [7, 11) is 1.58. The van der Waals surface area contributed by atoms with Crippen LogP contribution in [0.25, 0.3) is 0 Å². The van der Waals surface area contributed by atoms with Gasteiger partial charge < -0.3 is 20.1 Å². The summed E-state index contributed by atoms with van der Waals surface area (Å²) in [6.07, 6.45) is -5.10. The van der Waals surface area contributed by atoms with Crippen molar-refractivity contribution in [1.82, 2.24) is 10.6 Å². The molecule has 0 aromatic heterocycles. The van der Waals surface area contributed by atoms with Gasteiger partial charge in [-0.1, -0.05) is 0 Å². The molecule has 0 fully saturated rings. The van der Waals surface area contributed by atoms with Crippen LogP contribution in [0.3, 0.4) is 0 Å². The van der Waals surface area contributed by atoms with E-state index in [-0.39, 0.29) is 6.54 Å². The number of guanidine groups is 1. The van der Waals surface area contributed by atoms with Gasteiger partial charge in [0.15, 0.2) is 5.96 Å². The van der Waals surface area contributed by atoms with Gasteiger partial charge in [-0.05, 0) is 6.92 Å². The van der Waals surface area contributed by atoms with Gasteiger partial charge in [0.05, 0.1) is 32.8 Å². The first-order valence-electron chi connectivity index (χ1n) is 6.15. The molecule has 0 aromatic carbocycles. The molecule has 0 atom stereocenters. The molecule has 0 heterocycles. The summed E-state index contributed by atoms with van der Waals surface area (Å²) < 4.78 is 45.9. The van der Waals surface area contributed by atoms with Crippen LogP contribution in [0.1, 0.15) is 13.3 Å². The summed E-state index contributed by atoms with van der Waals surface area (Å²) in [5, 5.41) is 5.75. The average molecular weight is 285 g/mol. The Kier molecular flexibility index (Phi) is 10.3. The maximum atomic E-state index is 12.0. The zero-order chi connectivity index (χ0) is 14.6. The molecule has 0 aliphatic rings. The number of hydrogen-bond donors (Lipinski definition) is 2. The van der Waals surface area contributed by atoms with Gasteiger partial charge in [-0.15, -0.1) is 0 Å². The van der Waals surface area contributed by atoms with E-state index in [0.29, 0.717) is 38.9 Å². The van der Waals surface area contributed by atoms with Crippen LogP contribution >= 0.6 is 0 Å². The minimum Gasteiger partial charge on any atom is -0.382 e. The number of aliphatic imine (C=N–C) groups is 1. The first-order chi connectivity index (χ1) is 8.99. The first-order valence-corrected chi connectivity index (χ1v) is 6.15. The Morgan fingerprint density at radius 2 is 1.89 bits per heavy atom. The lowest BCUT2D eigenvalue weighted by Gasteiger charge is -2.11. The van der Waals surface area contributed by atoms with Crippen molar-refractivity contribution in [3.05, 3.63) is 0 Å². The maximum Gasteiger partial charge on any atom is 0.390 e. The molecule has 2 N–H and O–H groups in total. The van der Waals surface area contributed by atoms with E-state index in [1.165, 1.54) is 0 Å². The molecule has 0 aliphatic carbocycles. The summed E-state index contributed by atoms with van der Waals surface area (Å²) in [5.41, 5.74) is 0. The third-order valence-electron chi connectivity index (χ3n) is 1.98. The second-order valence-corrected chi connectivity index (χ2v) is 3.66. The molecule has 0 bridgehead atoms. The Bertz CT molecular complexity index is 248. The summed E-state index contributed by atoms with van der Waals surface area (Å²) in [4.78, 5) is 3.83. The zero-order valence-corrected chi connectivity index (χ0v) is 11.3. The minimum absolute atomic E-state index is 0.288. The zero-order valence-electron chi connectivity index (χ0n) is 11.3. The fourth-order valence-corrected chi connectivity index (χ4v) is 1.12. The van der Waals surface area contributed by atoms with E-state index in [1.54, 1.807) is 7.11 Å². The SMILES string of the molecule is CCNC(=NCCC(F)(F)F)NCCOCCOC. The molecule has 0 aromatic rings. The van der Waals surface area contributed by atoms with Gasteiger partial charge in [0.1, 0.15) is 0 Å². The van der Waals surface area contributed by atoms with E-state index < -0.39 is 12.6 Å². The van der Waals surface area contributed by atoms with Crippen LogP contribution in [0.2, 0.25) is 0 Å². The molecular formula is C11H22F3N3O2. The molecule has 0 spiro atoms. The third kappa shape index (κ3) is 13.2. The summed E-state index contributed by atoms with van der Waals surface area (Å²) >= 11 is 0. The standard InChI is InChI=1S/C11H22F3N3O2/c1-3-15-10(16-5-4-11(12,13)14)17-6-7-19-9-8-18-2/h3-9H2,1-2H3,(H2,15,16,17). The summed E-state index contributed by atoms with van der Waals surface area (Å²) in [5.74, 6) is 0.363.